The molecule has 0 fully saturated rings. The van der Waals surface area contributed by atoms with Crippen LogP contribution in [0.3, 0.4) is 0 Å². The number of rotatable bonds is 4. The monoisotopic (exact) mass is 888 g/mol. The summed E-state index contributed by atoms with van der Waals surface area (Å²) in [6.07, 6.45) is 11.4. The Labute approximate surface area is 405 Å². The van der Waals surface area contributed by atoms with Gasteiger partial charge >= 0.3 is 0 Å². The van der Waals surface area contributed by atoms with Crippen molar-refractivity contribution in [2.75, 3.05) is 33.7 Å². The molecule has 332 valence electrons. The highest BCUT2D eigenvalue weighted by molar-refractivity contribution is 6.81. The second kappa shape index (κ2) is 14.5. The Morgan fingerprint density at radius 1 is 0.406 bits per heavy atom. The summed E-state index contributed by atoms with van der Waals surface area (Å²) in [6.45, 7) is 4.80. The van der Waals surface area contributed by atoms with E-state index in [0.717, 1.165) is 12.8 Å². The second-order valence-electron chi connectivity index (χ2n) is 20.6. The van der Waals surface area contributed by atoms with E-state index in [0.29, 0.717) is 5.92 Å². The van der Waals surface area contributed by atoms with Crippen molar-refractivity contribution in [1.29, 1.82) is 0 Å². The van der Waals surface area contributed by atoms with Crippen molar-refractivity contribution >= 4 is 78.6 Å². The first-order chi connectivity index (χ1) is 34.0. The molecule has 0 aromatic heterocycles. The van der Waals surface area contributed by atoms with Gasteiger partial charge in [-0.25, -0.2) is 0 Å². The van der Waals surface area contributed by atoms with E-state index in [1.54, 1.807) is 0 Å². The van der Waals surface area contributed by atoms with Crippen LogP contribution in [0.1, 0.15) is 71.1 Å². The molecule has 0 N–H and O–H groups in total. The summed E-state index contributed by atoms with van der Waals surface area (Å²) in [7, 11) is 4.79. The summed E-state index contributed by atoms with van der Waals surface area (Å²) in [5.41, 5.74) is 20.6. The molecule has 0 spiro atoms. The lowest BCUT2D eigenvalue weighted by atomic mass is 9.29. The molecule has 4 heterocycles. The topological polar surface area (TPSA) is 13.0 Å². The molecule has 0 radical (unpaired) electrons. The van der Waals surface area contributed by atoms with Crippen LogP contribution in [0.25, 0.3) is 43.4 Å². The highest BCUT2D eigenvalue weighted by Gasteiger charge is 2.62. The van der Waals surface area contributed by atoms with Gasteiger partial charge in [-0.3, -0.25) is 0 Å². The van der Waals surface area contributed by atoms with Crippen LogP contribution in [-0.2, 0) is 12.8 Å². The van der Waals surface area contributed by atoms with Crippen LogP contribution in [0.4, 0.5) is 34.1 Å². The largest absolute Gasteiger partial charge is 0.376 e. The van der Waals surface area contributed by atoms with E-state index in [-0.39, 0.29) is 36.6 Å². The van der Waals surface area contributed by atoms with Crippen molar-refractivity contribution in [3.05, 3.63) is 221 Å². The van der Waals surface area contributed by atoms with Gasteiger partial charge in [0, 0.05) is 71.9 Å². The van der Waals surface area contributed by atoms with Crippen molar-refractivity contribution in [3.8, 4) is 11.1 Å². The quantitative estimate of drug-likeness (QED) is 0.129. The van der Waals surface area contributed by atoms with Gasteiger partial charge in [-0.1, -0.05) is 153 Å². The standard InChI is InChI=1S/C64H53BN4/c1-5-38-26-32-56-54(34-38)61-63(66(56)3)65-60-58(68(61)40-28-30-50-46-20-9-7-16-42(46)44-18-11-13-22-48(44)52(50)36-40)24-15-25-59(60)69(62-55-35-39(6-2)27-33-57(55)67(4)64(62)65)41-29-31-51-47-21-10-8-17-43(47)45-19-12-14-23-49(45)53(51)37-41/h7-37,44,48,61-64H,5-6H2,1-4H3. The molecular formula is C64H53BN4. The van der Waals surface area contributed by atoms with Crippen molar-refractivity contribution in [1.82, 2.24) is 0 Å². The van der Waals surface area contributed by atoms with Gasteiger partial charge in [0.2, 0.25) is 6.71 Å². The van der Waals surface area contributed by atoms with E-state index in [1.165, 1.54) is 116 Å². The Kier molecular flexibility index (Phi) is 8.31. The number of nitrogens with zero attached hydrogens (tertiary/aromatic N) is 4. The van der Waals surface area contributed by atoms with E-state index in [1.807, 2.05) is 0 Å². The third-order valence-electron chi connectivity index (χ3n) is 17.6. The molecule has 6 atom stereocenters. The van der Waals surface area contributed by atoms with Crippen molar-refractivity contribution in [2.45, 2.75) is 62.5 Å². The van der Waals surface area contributed by atoms with E-state index >= 15 is 0 Å². The number of hydrogen-bond donors (Lipinski definition) is 0. The van der Waals surface area contributed by atoms with Gasteiger partial charge in [0.15, 0.2) is 0 Å². The number of aryl methyl sites for hydroxylation is 2. The maximum Gasteiger partial charge on any atom is 0.238 e. The van der Waals surface area contributed by atoms with Gasteiger partial charge in [0.1, 0.15) is 0 Å². The Morgan fingerprint density at radius 3 is 1.49 bits per heavy atom. The number of fused-ring (bicyclic) bond motifs is 20. The lowest BCUT2D eigenvalue weighted by molar-refractivity contribution is 0.604. The van der Waals surface area contributed by atoms with Crippen LogP contribution >= 0.6 is 0 Å². The van der Waals surface area contributed by atoms with E-state index in [4.69, 9.17) is 0 Å². The fraction of sp³-hybridized carbons (Fsp3) is 0.188. The van der Waals surface area contributed by atoms with Crippen molar-refractivity contribution in [3.63, 3.8) is 0 Å². The van der Waals surface area contributed by atoms with Crippen LogP contribution in [0.5, 0.6) is 0 Å². The molecule has 6 unspecified atom stereocenters. The molecule has 0 saturated heterocycles. The van der Waals surface area contributed by atoms with Gasteiger partial charge in [-0.05, 0) is 144 Å². The summed E-state index contributed by atoms with van der Waals surface area (Å²) < 4.78 is 0. The number of allylic oxidation sites excluding steroid dienone is 4. The third-order valence-corrected chi connectivity index (χ3v) is 17.6. The summed E-state index contributed by atoms with van der Waals surface area (Å²) >= 11 is 0. The Bertz CT molecular complexity index is 3700. The minimum Gasteiger partial charge on any atom is -0.376 e. The SMILES string of the molecule is CCc1ccc2c(c1)C1C(B3c4c(cccc4N(c4ccc5c6ccccc6c6ccccc6c5c4)C4c5cc(CC)ccc5N(C)C34)N1c1ccc3c(c1)C1C=CC=CC1c1ccccc1-3)N2C. The van der Waals surface area contributed by atoms with E-state index < -0.39 is 0 Å². The molecule has 4 aliphatic heterocycles. The predicted octanol–water partition coefficient (Wildman–Crippen LogP) is 14.4. The first-order valence-electron chi connectivity index (χ1n) is 25.3. The van der Waals surface area contributed by atoms with Crippen molar-refractivity contribution < 1.29 is 0 Å². The van der Waals surface area contributed by atoms with E-state index in [2.05, 4.69) is 236 Å². The average Bonchev–Trinajstić information content (AvgIpc) is 3.87. The molecular weight excluding hydrogens is 836 g/mol. The van der Waals surface area contributed by atoms with Crippen molar-refractivity contribution in [2.24, 2.45) is 0 Å². The summed E-state index contributed by atoms with van der Waals surface area (Å²) in [5.74, 6) is 0.936. The molecule has 5 heteroatoms. The Balaban J connectivity index is 1.01. The van der Waals surface area contributed by atoms with Gasteiger partial charge in [-0.15, -0.1) is 0 Å². The van der Waals surface area contributed by atoms with Crippen LogP contribution < -0.4 is 25.1 Å². The van der Waals surface area contributed by atoms with E-state index in [9.17, 15) is 0 Å². The summed E-state index contributed by atoms with van der Waals surface area (Å²) in [5, 5.41) is 7.84. The molecule has 15 rings (SSSR count). The zero-order valence-electron chi connectivity index (χ0n) is 39.6. The van der Waals surface area contributed by atoms with Gasteiger partial charge in [-0.2, -0.15) is 0 Å². The minimum absolute atomic E-state index is 0.0934. The highest BCUT2D eigenvalue weighted by Crippen LogP contribution is 2.59. The Hall–Kier alpha value is -7.50. The zero-order valence-corrected chi connectivity index (χ0v) is 39.6. The first kappa shape index (κ1) is 39.5. The molecule has 6 aliphatic rings. The predicted molar refractivity (Wildman–Crippen MR) is 292 cm³/mol. The van der Waals surface area contributed by atoms with Crippen LogP contribution in [-0.4, -0.2) is 32.7 Å². The molecule has 9 aromatic rings. The minimum atomic E-state index is 0.0934. The summed E-state index contributed by atoms with van der Waals surface area (Å²) in [4.78, 5) is 10.9. The van der Waals surface area contributed by atoms with Crippen LogP contribution in [0.15, 0.2) is 188 Å². The number of hydrogen-bond acceptors (Lipinski definition) is 4. The fourth-order valence-corrected chi connectivity index (χ4v) is 14.6. The molecule has 69 heavy (non-hydrogen) atoms. The zero-order chi connectivity index (χ0) is 45.8. The molecule has 0 amide bonds. The maximum atomic E-state index is 2.79. The Morgan fingerprint density at radius 2 is 0.899 bits per heavy atom. The van der Waals surface area contributed by atoms with Gasteiger partial charge < -0.3 is 19.6 Å². The third kappa shape index (κ3) is 5.26. The van der Waals surface area contributed by atoms with Crippen LogP contribution in [0.2, 0.25) is 0 Å². The maximum absolute atomic E-state index is 2.79. The molecule has 2 aliphatic carbocycles. The first-order valence-corrected chi connectivity index (χ1v) is 25.3. The summed E-state index contributed by atoms with van der Waals surface area (Å²) in [6, 6.07) is 64.1. The lowest BCUT2D eigenvalue weighted by Crippen LogP contribution is -2.71. The average molecular weight is 889 g/mol. The van der Waals surface area contributed by atoms with Gasteiger partial charge in [0.05, 0.1) is 12.1 Å². The highest BCUT2D eigenvalue weighted by atomic mass is 15.3. The number of benzene rings is 9. The van der Waals surface area contributed by atoms with Gasteiger partial charge in [0.25, 0.3) is 0 Å². The molecule has 0 bridgehead atoms. The number of likely N-dealkylation sites (N-methyl/N-ethyl adjacent to an activating group) is 2. The molecule has 0 saturated carbocycles. The second-order valence-corrected chi connectivity index (χ2v) is 20.6. The normalized spacial score (nSPS) is 22.1. The number of anilines is 6. The van der Waals surface area contributed by atoms with Crippen LogP contribution in [0, 0.1) is 0 Å². The lowest BCUT2D eigenvalue weighted by Gasteiger charge is -2.54. The smallest absolute Gasteiger partial charge is 0.238 e. The fourth-order valence-electron chi connectivity index (χ4n) is 14.6. The molecule has 9 aromatic carbocycles. The molecule has 4 nitrogen and oxygen atoms in total.